The summed E-state index contributed by atoms with van der Waals surface area (Å²) in [7, 11) is 0. The number of ether oxygens (including phenoxy) is 3. The Bertz CT molecular complexity index is 1350. The first-order valence-electron chi connectivity index (χ1n) is 29.6. The van der Waals surface area contributed by atoms with Crippen LogP contribution >= 0.6 is 0 Å². The van der Waals surface area contributed by atoms with Gasteiger partial charge in [0.1, 0.15) is 13.2 Å². The van der Waals surface area contributed by atoms with Crippen molar-refractivity contribution in [1.82, 2.24) is 0 Å². The van der Waals surface area contributed by atoms with E-state index < -0.39 is 6.10 Å². The van der Waals surface area contributed by atoms with E-state index in [0.29, 0.717) is 19.3 Å². The van der Waals surface area contributed by atoms with Crippen LogP contribution in [-0.2, 0) is 28.6 Å². The first-order valence-corrected chi connectivity index (χ1v) is 29.6. The number of carbonyl (C=O) groups is 3. The van der Waals surface area contributed by atoms with Crippen LogP contribution in [0.5, 0.6) is 0 Å². The minimum absolute atomic E-state index is 0.0761. The second kappa shape index (κ2) is 58.2. The molecule has 0 spiro atoms. The average Bonchev–Trinajstić information content (AvgIpc) is 3.36. The molecule has 1 unspecified atom stereocenters. The molecule has 1 atom stereocenters. The zero-order valence-electron chi connectivity index (χ0n) is 46.0. The molecular weight excluding hydrogens is 865 g/mol. The van der Waals surface area contributed by atoms with Gasteiger partial charge in [-0.2, -0.15) is 0 Å². The van der Waals surface area contributed by atoms with Crippen molar-refractivity contribution in [1.29, 1.82) is 0 Å². The summed E-state index contributed by atoms with van der Waals surface area (Å²) >= 11 is 0. The van der Waals surface area contributed by atoms with Crippen LogP contribution < -0.4 is 0 Å². The van der Waals surface area contributed by atoms with Crippen LogP contribution in [0.3, 0.4) is 0 Å². The lowest BCUT2D eigenvalue weighted by Gasteiger charge is -2.18. The van der Waals surface area contributed by atoms with E-state index in [9.17, 15) is 14.4 Å². The van der Waals surface area contributed by atoms with Gasteiger partial charge < -0.3 is 14.2 Å². The second-order valence-electron chi connectivity index (χ2n) is 19.5. The van der Waals surface area contributed by atoms with Crippen molar-refractivity contribution in [3.8, 4) is 0 Å². The van der Waals surface area contributed by atoms with E-state index in [1.807, 2.05) is 0 Å². The molecule has 0 radical (unpaired) electrons. The van der Waals surface area contributed by atoms with Gasteiger partial charge in [0.2, 0.25) is 0 Å². The van der Waals surface area contributed by atoms with Crippen molar-refractivity contribution in [2.45, 2.75) is 290 Å². The molecule has 0 rings (SSSR count). The highest BCUT2D eigenvalue weighted by Crippen LogP contribution is 2.16. The number of allylic oxidation sites excluding steroid dienone is 14. The minimum atomic E-state index is -0.776. The zero-order chi connectivity index (χ0) is 50.7. The number of esters is 3. The van der Waals surface area contributed by atoms with Gasteiger partial charge in [-0.05, 0) is 77.0 Å². The Morgan fingerprint density at radius 3 is 0.871 bits per heavy atom. The fraction of sp³-hybridized carbons (Fsp3) is 0.734. The second-order valence-corrected chi connectivity index (χ2v) is 19.5. The highest BCUT2D eigenvalue weighted by molar-refractivity contribution is 5.71. The molecule has 0 bridgehead atoms. The average molecular weight is 976 g/mol. The van der Waals surface area contributed by atoms with Crippen LogP contribution in [-0.4, -0.2) is 37.2 Å². The molecule has 0 saturated carbocycles. The Balaban J connectivity index is 4.22. The summed E-state index contributed by atoms with van der Waals surface area (Å²) in [5, 5.41) is 0. The summed E-state index contributed by atoms with van der Waals surface area (Å²) in [5.74, 6) is -0.882. The molecule has 0 N–H and O–H groups in total. The van der Waals surface area contributed by atoms with Crippen molar-refractivity contribution >= 4 is 17.9 Å². The van der Waals surface area contributed by atoms with E-state index in [1.54, 1.807) is 0 Å². The molecule has 0 aliphatic heterocycles. The summed E-state index contributed by atoms with van der Waals surface area (Å²) in [6.07, 6.45) is 75.9. The maximum Gasteiger partial charge on any atom is 0.306 e. The van der Waals surface area contributed by atoms with Crippen LogP contribution in [0.4, 0.5) is 0 Å². The molecule has 0 saturated heterocycles. The molecule has 0 amide bonds. The summed E-state index contributed by atoms with van der Waals surface area (Å²) in [6.45, 7) is 6.51. The van der Waals surface area contributed by atoms with Gasteiger partial charge in [-0.1, -0.05) is 273 Å². The molecule has 0 aromatic carbocycles. The van der Waals surface area contributed by atoms with Crippen LogP contribution in [0.25, 0.3) is 0 Å². The van der Waals surface area contributed by atoms with Crippen molar-refractivity contribution in [3.05, 3.63) is 85.1 Å². The Labute approximate surface area is 433 Å². The first-order chi connectivity index (χ1) is 34.5. The van der Waals surface area contributed by atoms with Gasteiger partial charge in [0.25, 0.3) is 0 Å². The largest absolute Gasteiger partial charge is 0.462 e. The number of carbonyl (C=O) groups excluding carboxylic acids is 3. The Kier molecular flexibility index (Phi) is 55.3. The van der Waals surface area contributed by atoms with Gasteiger partial charge >= 0.3 is 17.9 Å². The molecule has 0 aliphatic carbocycles. The Hall–Kier alpha value is -3.41. The molecular formula is C64H110O6. The normalized spacial score (nSPS) is 12.7. The predicted octanol–water partition coefficient (Wildman–Crippen LogP) is 19.9. The van der Waals surface area contributed by atoms with E-state index in [2.05, 4.69) is 106 Å². The van der Waals surface area contributed by atoms with Gasteiger partial charge in [-0.15, -0.1) is 0 Å². The van der Waals surface area contributed by atoms with Crippen molar-refractivity contribution in [2.24, 2.45) is 0 Å². The topological polar surface area (TPSA) is 78.9 Å². The van der Waals surface area contributed by atoms with Crippen molar-refractivity contribution < 1.29 is 28.6 Å². The third kappa shape index (κ3) is 55.5. The van der Waals surface area contributed by atoms with Crippen LogP contribution in [0.1, 0.15) is 284 Å². The smallest absolute Gasteiger partial charge is 0.306 e. The predicted molar refractivity (Wildman–Crippen MR) is 302 cm³/mol. The van der Waals surface area contributed by atoms with E-state index in [4.69, 9.17) is 14.2 Å². The van der Waals surface area contributed by atoms with Gasteiger partial charge in [0.15, 0.2) is 6.10 Å². The number of hydrogen-bond donors (Lipinski definition) is 0. The lowest BCUT2D eigenvalue weighted by molar-refractivity contribution is -0.167. The highest BCUT2D eigenvalue weighted by atomic mass is 16.6. The number of hydrogen-bond acceptors (Lipinski definition) is 6. The van der Waals surface area contributed by atoms with E-state index in [1.165, 1.54) is 135 Å². The van der Waals surface area contributed by atoms with E-state index >= 15 is 0 Å². The highest BCUT2D eigenvalue weighted by Gasteiger charge is 2.19. The molecule has 6 heteroatoms. The number of unbranched alkanes of at least 4 members (excludes halogenated alkanes) is 28. The molecule has 0 aromatic heterocycles. The Morgan fingerprint density at radius 2 is 0.557 bits per heavy atom. The number of rotatable bonds is 53. The fourth-order valence-electron chi connectivity index (χ4n) is 8.25. The quantitative estimate of drug-likeness (QED) is 0.0261. The van der Waals surface area contributed by atoms with Crippen LogP contribution in [0, 0.1) is 0 Å². The molecule has 0 aromatic rings. The third-order valence-electron chi connectivity index (χ3n) is 12.7. The lowest BCUT2D eigenvalue weighted by atomic mass is 10.0. The van der Waals surface area contributed by atoms with Gasteiger partial charge in [-0.3, -0.25) is 14.4 Å². The molecule has 0 heterocycles. The zero-order valence-corrected chi connectivity index (χ0v) is 46.0. The summed E-state index contributed by atoms with van der Waals surface area (Å²) in [4.78, 5) is 38.0. The van der Waals surface area contributed by atoms with Gasteiger partial charge in [-0.25, -0.2) is 0 Å². The molecule has 0 aliphatic rings. The maximum atomic E-state index is 12.8. The maximum absolute atomic E-state index is 12.8. The van der Waals surface area contributed by atoms with Crippen molar-refractivity contribution in [2.75, 3.05) is 13.2 Å². The van der Waals surface area contributed by atoms with E-state index in [0.717, 1.165) is 109 Å². The summed E-state index contributed by atoms with van der Waals surface area (Å²) in [6, 6.07) is 0. The molecule has 6 nitrogen and oxygen atoms in total. The molecule has 0 fully saturated rings. The van der Waals surface area contributed by atoms with Gasteiger partial charge in [0, 0.05) is 19.3 Å². The van der Waals surface area contributed by atoms with E-state index in [-0.39, 0.29) is 31.1 Å². The van der Waals surface area contributed by atoms with Crippen molar-refractivity contribution in [3.63, 3.8) is 0 Å². The third-order valence-corrected chi connectivity index (χ3v) is 12.7. The Morgan fingerprint density at radius 1 is 0.300 bits per heavy atom. The van der Waals surface area contributed by atoms with Gasteiger partial charge in [0.05, 0.1) is 0 Å². The summed E-state index contributed by atoms with van der Waals surface area (Å²) < 4.78 is 16.8. The summed E-state index contributed by atoms with van der Waals surface area (Å²) in [5.41, 5.74) is 0. The molecule has 70 heavy (non-hydrogen) atoms. The lowest BCUT2D eigenvalue weighted by Crippen LogP contribution is -2.30. The SMILES string of the molecule is CC/C=C\C/C=C\C/C=C\C/C=C\C/C=C\C/C=C\C/C=C\CCCCCCCCCC(=O)OCC(COC(=O)CCCCCCCCCCC)OC(=O)CCCCCCCCCCCCCCCC. The van der Waals surface area contributed by atoms with Crippen LogP contribution in [0.15, 0.2) is 85.1 Å². The fourth-order valence-corrected chi connectivity index (χ4v) is 8.25. The first kappa shape index (κ1) is 66.6. The molecule has 402 valence electrons. The standard InChI is InChI=1S/C64H110O6/c1-4-7-10-13-16-19-21-23-25-26-27-28-29-30-31-32-33-34-35-36-37-38-39-41-42-45-48-51-54-57-63(66)69-60-61(59-68-62(65)56-53-50-47-44-18-15-12-9-6-3)70-64(67)58-55-52-49-46-43-40-24-22-20-17-14-11-8-5-2/h7,10,16,19,23,25,27-28,30-31,33-34,36-37,61H,4-6,8-9,11-15,17-18,20-22,24,26,29,32,35,38-60H2,1-3H3/b10-7-,19-16-,25-23-,28-27-,31-30-,34-33-,37-36-. The van der Waals surface area contributed by atoms with Crippen LogP contribution in [0.2, 0.25) is 0 Å². The minimum Gasteiger partial charge on any atom is -0.462 e. The monoisotopic (exact) mass is 975 g/mol.